The van der Waals surface area contributed by atoms with E-state index >= 15 is 0 Å². The number of carbonyl (C=O) groups is 1. The summed E-state index contributed by atoms with van der Waals surface area (Å²) in [7, 11) is 0. The van der Waals surface area contributed by atoms with E-state index in [0.717, 1.165) is 5.69 Å². The fraction of sp³-hybridized carbons (Fsp3) is 0.182. The largest absolute Gasteiger partial charge is 0.323 e. The van der Waals surface area contributed by atoms with Gasteiger partial charge in [-0.1, -0.05) is 12.1 Å². The summed E-state index contributed by atoms with van der Waals surface area (Å²) in [6.45, 7) is 1.63. The lowest BCUT2D eigenvalue weighted by Gasteiger charge is -2.11. The van der Waals surface area contributed by atoms with Crippen LogP contribution in [0.2, 0.25) is 0 Å². The molecule has 1 heterocycles. The Morgan fingerprint density at radius 3 is 2.88 bits per heavy atom. The molecule has 2 rings (SSSR count). The van der Waals surface area contributed by atoms with E-state index in [4.69, 9.17) is 5.73 Å². The topological polar surface area (TPSA) is 85.8 Å². The molecule has 0 spiro atoms. The molecule has 1 aromatic heterocycles. The van der Waals surface area contributed by atoms with Crippen molar-refractivity contribution in [3.63, 3.8) is 0 Å². The zero-order valence-electron chi connectivity index (χ0n) is 9.37. The summed E-state index contributed by atoms with van der Waals surface area (Å²) in [6, 6.07) is 6.76. The van der Waals surface area contributed by atoms with Crippen LogP contribution in [0.4, 0.5) is 5.69 Å². The van der Waals surface area contributed by atoms with Gasteiger partial charge in [0.15, 0.2) is 0 Å². The Morgan fingerprint density at radius 2 is 2.24 bits per heavy atom. The minimum Gasteiger partial charge on any atom is -0.323 e. The molecule has 6 heteroatoms. The van der Waals surface area contributed by atoms with Gasteiger partial charge in [-0.2, -0.15) is 5.10 Å². The number of nitrogens with one attached hydrogen (secondary N) is 1. The molecule has 0 unspecified atom stereocenters. The first-order valence-corrected chi connectivity index (χ1v) is 5.19. The van der Waals surface area contributed by atoms with Crippen LogP contribution >= 0.6 is 0 Å². The number of carbonyl (C=O) groups excluding carboxylic acids is 1. The number of aromatic nitrogens is 3. The molecule has 0 saturated heterocycles. The fourth-order valence-electron chi connectivity index (χ4n) is 1.36. The molecule has 1 aromatic carbocycles. The van der Waals surface area contributed by atoms with E-state index in [1.165, 1.54) is 6.33 Å². The van der Waals surface area contributed by atoms with Crippen LogP contribution in [0.15, 0.2) is 36.9 Å². The number of anilines is 1. The van der Waals surface area contributed by atoms with Crippen molar-refractivity contribution in [2.75, 3.05) is 5.32 Å². The number of rotatable bonds is 3. The second-order valence-electron chi connectivity index (χ2n) is 3.64. The van der Waals surface area contributed by atoms with Gasteiger partial charge >= 0.3 is 0 Å². The number of para-hydroxylation sites is 2. The number of benzene rings is 1. The maximum atomic E-state index is 11.6. The molecule has 0 aliphatic rings. The zero-order valence-corrected chi connectivity index (χ0v) is 9.37. The van der Waals surface area contributed by atoms with Gasteiger partial charge in [0.25, 0.3) is 0 Å². The monoisotopic (exact) mass is 231 g/mol. The molecule has 3 N–H and O–H groups in total. The van der Waals surface area contributed by atoms with E-state index in [2.05, 4.69) is 15.4 Å². The summed E-state index contributed by atoms with van der Waals surface area (Å²) < 4.78 is 1.58. The number of amides is 1. The maximum absolute atomic E-state index is 11.6. The second kappa shape index (κ2) is 4.75. The van der Waals surface area contributed by atoms with Crippen LogP contribution in [0.1, 0.15) is 6.92 Å². The van der Waals surface area contributed by atoms with Gasteiger partial charge in [0.2, 0.25) is 5.91 Å². The van der Waals surface area contributed by atoms with E-state index in [0.29, 0.717) is 5.69 Å². The van der Waals surface area contributed by atoms with E-state index in [9.17, 15) is 4.79 Å². The predicted octanol–water partition coefficient (Wildman–Crippen LogP) is 0.553. The van der Waals surface area contributed by atoms with Crippen molar-refractivity contribution in [1.82, 2.24) is 14.8 Å². The lowest BCUT2D eigenvalue weighted by molar-refractivity contribution is -0.117. The molecule has 1 amide bonds. The highest BCUT2D eigenvalue weighted by Gasteiger charge is 2.11. The number of nitrogens with two attached hydrogens (primary N) is 1. The van der Waals surface area contributed by atoms with E-state index in [1.807, 2.05) is 18.2 Å². The fourth-order valence-corrected chi connectivity index (χ4v) is 1.36. The third-order valence-corrected chi connectivity index (χ3v) is 2.24. The van der Waals surface area contributed by atoms with Crippen molar-refractivity contribution in [3.8, 4) is 5.69 Å². The SMILES string of the molecule is C[C@@H](N)C(=O)Nc1ccccc1-n1cncn1. The summed E-state index contributed by atoms with van der Waals surface area (Å²) in [5.74, 6) is -0.238. The second-order valence-corrected chi connectivity index (χ2v) is 3.64. The van der Waals surface area contributed by atoms with E-state index in [1.54, 1.807) is 24.0 Å². The molecule has 1 atom stereocenters. The molecule has 88 valence electrons. The summed E-state index contributed by atoms with van der Waals surface area (Å²) >= 11 is 0. The minimum absolute atomic E-state index is 0.238. The molecule has 0 aliphatic carbocycles. The summed E-state index contributed by atoms with van der Waals surface area (Å²) in [4.78, 5) is 15.4. The predicted molar refractivity (Wildman–Crippen MR) is 63.6 cm³/mol. The van der Waals surface area contributed by atoms with Crippen molar-refractivity contribution < 1.29 is 4.79 Å². The first kappa shape index (κ1) is 11.3. The Hall–Kier alpha value is -2.21. The van der Waals surface area contributed by atoms with Gasteiger partial charge in [-0.3, -0.25) is 4.79 Å². The van der Waals surface area contributed by atoms with Crippen molar-refractivity contribution in [1.29, 1.82) is 0 Å². The average Bonchev–Trinajstić information content (AvgIpc) is 2.83. The van der Waals surface area contributed by atoms with Crippen LogP contribution in [0, 0.1) is 0 Å². The maximum Gasteiger partial charge on any atom is 0.241 e. The molecule has 0 saturated carbocycles. The molecule has 2 aromatic rings. The Balaban J connectivity index is 2.32. The molecular weight excluding hydrogens is 218 g/mol. The molecule has 0 aliphatic heterocycles. The number of hydrogen-bond acceptors (Lipinski definition) is 4. The van der Waals surface area contributed by atoms with Crippen LogP contribution in [0.3, 0.4) is 0 Å². The molecule has 0 fully saturated rings. The van der Waals surface area contributed by atoms with Crippen LogP contribution in [0.5, 0.6) is 0 Å². The van der Waals surface area contributed by atoms with Gasteiger partial charge in [0.05, 0.1) is 17.4 Å². The van der Waals surface area contributed by atoms with Gasteiger partial charge in [-0.15, -0.1) is 0 Å². The van der Waals surface area contributed by atoms with Crippen LogP contribution in [0.25, 0.3) is 5.69 Å². The van der Waals surface area contributed by atoms with Gasteiger partial charge in [0, 0.05) is 0 Å². The Labute approximate surface area is 98.5 Å². The van der Waals surface area contributed by atoms with Crippen LogP contribution < -0.4 is 11.1 Å². The minimum atomic E-state index is -0.557. The smallest absolute Gasteiger partial charge is 0.241 e. The first-order chi connectivity index (χ1) is 8.18. The Bertz CT molecular complexity index is 506. The van der Waals surface area contributed by atoms with Gasteiger partial charge in [-0.25, -0.2) is 9.67 Å². The Kier molecular flexibility index (Phi) is 3.15. The first-order valence-electron chi connectivity index (χ1n) is 5.19. The Morgan fingerprint density at radius 1 is 1.47 bits per heavy atom. The van der Waals surface area contributed by atoms with E-state index < -0.39 is 6.04 Å². The zero-order chi connectivity index (χ0) is 12.3. The highest BCUT2D eigenvalue weighted by atomic mass is 16.2. The molecule has 0 radical (unpaired) electrons. The van der Waals surface area contributed by atoms with Gasteiger partial charge in [0.1, 0.15) is 12.7 Å². The van der Waals surface area contributed by atoms with Gasteiger partial charge < -0.3 is 11.1 Å². The summed E-state index contributed by atoms with van der Waals surface area (Å²) in [6.07, 6.45) is 3.00. The van der Waals surface area contributed by atoms with Crippen molar-refractivity contribution >= 4 is 11.6 Å². The van der Waals surface area contributed by atoms with Crippen molar-refractivity contribution in [2.24, 2.45) is 5.73 Å². The third-order valence-electron chi connectivity index (χ3n) is 2.24. The standard InChI is InChI=1S/C11H13N5O/c1-8(12)11(17)15-9-4-2-3-5-10(9)16-7-13-6-14-16/h2-8H,12H2,1H3,(H,15,17)/t8-/m1/s1. The van der Waals surface area contributed by atoms with Crippen molar-refractivity contribution in [2.45, 2.75) is 13.0 Å². The quantitative estimate of drug-likeness (QED) is 0.807. The average molecular weight is 231 g/mol. The molecular formula is C11H13N5O. The number of hydrogen-bond donors (Lipinski definition) is 2. The van der Waals surface area contributed by atoms with Crippen LogP contribution in [-0.2, 0) is 4.79 Å². The summed E-state index contributed by atoms with van der Waals surface area (Å²) in [5, 5.41) is 6.77. The lowest BCUT2D eigenvalue weighted by atomic mass is 10.2. The highest BCUT2D eigenvalue weighted by molar-refractivity contribution is 5.96. The normalized spacial score (nSPS) is 12.1. The van der Waals surface area contributed by atoms with E-state index in [-0.39, 0.29) is 5.91 Å². The molecule has 6 nitrogen and oxygen atoms in total. The number of nitrogens with zero attached hydrogens (tertiary/aromatic N) is 3. The molecule has 17 heavy (non-hydrogen) atoms. The summed E-state index contributed by atoms with van der Waals surface area (Å²) in [5.41, 5.74) is 6.91. The van der Waals surface area contributed by atoms with Gasteiger partial charge in [-0.05, 0) is 19.1 Å². The third kappa shape index (κ3) is 2.48. The highest BCUT2D eigenvalue weighted by Crippen LogP contribution is 2.18. The molecule has 0 bridgehead atoms. The van der Waals surface area contributed by atoms with Crippen molar-refractivity contribution in [3.05, 3.63) is 36.9 Å². The lowest BCUT2D eigenvalue weighted by Crippen LogP contribution is -2.32. The van der Waals surface area contributed by atoms with Crippen LogP contribution in [-0.4, -0.2) is 26.7 Å².